The fraction of sp³-hybridized carbons (Fsp3) is 0.100. The molecule has 2 heterocycles. The van der Waals surface area contributed by atoms with Crippen LogP contribution in [0.5, 0.6) is 0 Å². The van der Waals surface area contributed by atoms with E-state index in [2.05, 4.69) is 15.5 Å². The molecule has 0 aliphatic carbocycles. The summed E-state index contributed by atoms with van der Waals surface area (Å²) in [5.74, 6) is -1.50. The number of carbonyl (C=O) groups excluding carboxylic acids is 1. The first-order valence-corrected chi connectivity index (χ1v) is 5.60. The van der Waals surface area contributed by atoms with Crippen LogP contribution in [0.4, 0.5) is 5.00 Å². The number of hydrogen-bond acceptors (Lipinski definition) is 4. The minimum absolute atomic E-state index is 0.0793. The molecule has 0 unspecified atom stereocenters. The Balaban J connectivity index is 2.18. The highest BCUT2D eigenvalue weighted by atomic mass is 32.1. The van der Waals surface area contributed by atoms with Gasteiger partial charge in [-0.05, 0) is 24.4 Å². The highest BCUT2D eigenvalue weighted by Gasteiger charge is 2.16. The maximum atomic E-state index is 11.7. The maximum absolute atomic E-state index is 11.7. The van der Waals surface area contributed by atoms with Crippen molar-refractivity contribution < 1.29 is 14.7 Å². The van der Waals surface area contributed by atoms with E-state index >= 15 is 0 Å². The van der Waals surface area contributed by atoms with Crippen molar-refractivity contribution >= 4 is 28.2 Å². The van der Waals surface area contributed by atoms with Gasteiger partial charge in [0.15, 0.2) is 5.69 Å². The number of carboxylic acid groups (broad SMARTS) is 1. The molecule has 0 fully saturated rings. The van der Waals surface area contributed by atoms with Crippen LogP contribution < -0.4 is 5.32 Å². The van der Waals surface area contributed by atoms with Crippen LogP contribution in [0.2, 0.25) is 0 Å². The number of anilines is 1. The lowest BCUT2D eigenvalue weighted by Gasteiger charge is -2.00. The number of H-pyrrole nitrogens is 1. The number of aromatic carboxylic acids is 1. The SMILES string of the molecule is Cc1cc(C(=O)Nc2sccc2C(=O)O)n[nH]1. The van der Waals surface area contributed by atoms with E-state index in [1.807, 2.05) is 0 Å². The standard InChI is InChI=1S/C10H9N3O3S/c1-5-4-7(13-12-5)8(14)11-9-6(10(15)16)2-3-17-9/h2-4H,1H3,(H,11,14)(H,12,13)(H,15,16). The van der Waals surface area contributed by atoms with Crippen molar-refractivity contribution in [3.8, 4) is 0 Å². The van der Waals surface area contributed by atoms with Gasteiger partial charge in [-0.1, -0.05) is 0 Å². The Bertz CT molecular complexity index is 573. The topological polar surface area (TPSA) is 95.1 Å². The van der Waals surface area contributed by atoms with Gasteiger partial charge in [0, 0.05) is 5.69 Å². The summed E-state index contributed by atoms with van der Waals surface area (Å²) in [4.78, 5) is 22.6. The zero-order valence-corrected chi connectivity index (χ0v) is 9.67. The summed E-state index contributed by atoms with van der Waals surface area (Å²) in [5.41, 5.74) is 1.07. The molecule has 0 spiro atoms. The average Bonchev–Trinajstić information content (AvgIpc) is 2.86. The Labute approximate surface area is 100 Å². The van der Waals surface area contributed by atoms with E-state index in [1.54, 1.807) is 18.4 Å². The molecule has 2 aromatic rings. The van der Waals surface area contributed by atoms with E-state index in [9.17, 15) is 9.59 Å². The predicted octanol–water partition coefficient (Wildman–Crippen LogP) is 1.73. The van der Waals surface area contributed by atoms with Gasteiger partial charge in [0.2, 0.25) is 0 Å². The lowest BCUT2D eigenvalue weighted by atomic mass is 10.3. The highest BCUT2D eigenvalue weighted by Crippen LogP contribution is 2.23. The van der Waals surface area contributed by atoms with Gasteiger partial charge in [0.1, 0.15) is 5.00 Å². The number of rotatable bonds is 3. The number of thiophene rings is 1. The third-order valence-electron chi connectivity index (χ3n) is 2.06. The van der Waals surface area contributed by atoms with Crippen LogP contribution in [0.15, 0.2) is 17.5 Å². The molecule has 0 radical (unpaired) electrons. The molecule has 7 heteroatoms. The van der Waals surface area contributed by atoms with Crippen LogP contribution in [0.3, 0.4) is 0 Å². The van der Waals surface area contributed by atoms with Crippen LogP contribution in [0.25, 0.3) is 0 Å². The van der Waals surface area contributed by atoms with Crippen molar-refractivity contribution in [1.82, 2.24) is 10.2 Å². The van der Waals surface area contributed by atoms with Crippen LogP contribution in [-0.2, 0) is 0 Å². The van der Waals surface area contributed by atoms with Gasteiger partial charge in [-0.3, -0.25) is 9.89 Å². The van der Waals surface area contributed by atoms with E-state index in [4.69, 9.17) is 5.11 Å². The van der Waals surface area contributed by atoms with Crippen LogP contribution in [0.1, 0.15) is 26.5 Å². The Hall–Kier alpha value is -2.15. The number of aromatic nitrogens is 2. The predicted molar refractivity (Wildman–Crippen MR) is 62.6 cm³/mol. The van der Waals surface area contributed by atoms with Crippen LogP contribution >= 0.6 is 11.3 Å². The number of hydrogen-bond donors (Lipinski definition) is 3. The van der Waals surface area contributed by atoms with Gasteiger partial charge in [0.05, 0.1) is 5.56 Å². The fourth-order valence-corrected chi connectivity index (χ4v) is 2.05. The molecule has 0 aliphatic rings. The second-order valence-electron chi connectivity index (χ2n) is 3.36. The molecule has 0 bridgehead atoms. The molecule has 0 aromatic carbocycles. The van der Waals surface area contributed by atoms with Gasteiger partial charge in [-0.2, -0.15) is 5.10 Å². The zero-order valence-electron chi connectivity index (χ0n) is 8.85. The summed E-state index contributed by atoms with van der Waals surface area (Å²) in [6, 6.07) is 3.03. The number of aromatic amines is 1. The number of aryl methyl sites for hydroxylation is 1. The van der Waals surface area contributed by atoms with Crippen molar-refractivity contribution in [2.45, 2.75) is 6.92 Å². The Morgan fingerprint density at radius 2 is 2.29 bits per heavy atom. The largest absolute Gasteiger partial charge is 0.478 e. The molecular weight excluding hydrogens is 242 g/mol. The number of amides is 1. The van der Waals surface area contributed by atoms with Gasteiger partial charge in [0.25, 0.3) is 5.91 Å². The van der Waals surface area contributed by atoms with Crippen molar-refractivity contribution in [3.63, 3.8) is 0 Å². The molecule has 0 aliphatic heterocycles. The van der Waals surface area contributed by atoms with Gasteiger partial charge in [-0.25, -0.2) is 4.79 Å². The first-order valence-electron chi connectivity index (χ1n) is 4.72. The highest BCUT2D eigenvalue weighted by molar-refractivity contribution is 7.14. The minimum Gasteiger partial charge on any atom is -0.478 e. The summed E-state index contributed by atoms with van der Waals surface area (Å²) < 4.78 is 0. The minimum atomic E-state index is -1.07. The molecule has 0 saturated heterocycles. The summed E-state index contributed by atoms with van der Waals surface area (Å²) >= 11 is 1.16. The number of carboxylic acids is 1. The van der Waals surface area contributed by atoms with Crippen LogP contribution in [-0.4, -0.2) is 27.2 Å². The summed E-state index contributed by atoms with van der Waals surface area (Å²) in [5, 5.41) is 19.7. The Kier molecular flexibility index (Phi) is 2.92. The molecule has 0 atom stereocenters. The zero-order chi connectivity index (χ0) is 12.4. The molecular formula is C10H9N3O3S. The Morgan fingerprint density at radius 3 is 2.88 bits per heavy atom. The lowest BCUT2D eigenvalue weighted by Crippen LogP contribution is -2.13. The maximum Gasteiger partial charge on any atom is 0.338 e. The first-order chi connectivity index (χ1) is 8.08. The lowest BCUT2D eigenvalue weighted by molar-refractivity contribution is 0.0698. The molecule has 88 valence electrons. The third kappa shape index (κ3) is 2.34. The number of nitrogens with zero attached hydrogens (tertiary/aromatic N) is 1. The van der Waals surface area contributed by atoms with E-state index in [0.717, 1.165) is 17.0 Å². The van der Waals surface area contributed by atoms with Gasteiger partial charge in [-0.15, -0.1) is 11.3 Å². The normalized spacial score (nSPS) is 10.2. The van der Waals surface area contributed by atoms with E-state index in [1.165, 1.54) is 6.07 Å². The van der Waals surface area contributed by atoms with E-state index in [-0.39, 0.29) is 11.3 Å². The van der Waals surface area contributed by atoms with Gasteiger partial charge < -0.3 is 10.4 Å². The monoisotopic (exact) mass is 251 g/mol. The molecule has 2 rings (SSSR count). The number of carbonyl (C=O) groups is 2. The smallest absolute Gasteiger partial charge is 0.338 e. The van der Waals surface area contributed by atoms with E-state index < -0.39 is 11.9 Å². The molecule has 0 saturated carbocycles. The molecule has 6 nitrogen and oxygen atoms in total. The molecule has 3 N–H and O–H groups in total. The first kappa shape index (κ1) is 11.3. The Morgan fingerprint density at radius 1 is 1.53 bits per heavy atom. The van der Waals surface area contributed by atoms with Crippen molar-refractivity contribution in [3.05, 3.63) is 34.5 Å². The van der Waals surface area contributed by atoms with Crippen molar-refractivity contribution in [2.24, 2.45) is 0 Å². The summed E-state index contributed by atoms with van der Waals surface area (Å²) in [6.07, 6.45) is 0. The summed E-state index contributed by atoms with van der Waals surface area (Å²) in [6.45, 7) is 1.78. The fourth-order valence-electron chi connectivity index (χ4n) is 1.28. The number of nitrogens with one attached hydrogen (secondary N) is 2. The molecule has 2 aromatic heterocycles. The molecule has 1 amide bonds. The van der Waals surface area contributed by atoms with Crippen molar-refractivity contribution in [2.75, 3.05) is 5.32 Å². The second-order valence-corrected chi connectivity index (χ2v) is 4.27. The van der Waals surface area contributed by atoms with Crippen molar-refractivity contribution in [1.29, 1.82) is 0 Å². The van der Waals surface area contributed by atoms with Gasteiger partial charge >= 0.3 is 5.97 Å². The summed E-state index contributed by atoms with van der Waals surface area (Å²) in [7, 11) is 0. The van der Waals surface area contributed by atoms with E-state index in [0.29, 0.717) is 5.00 Å². The molecule has 17 heavy (non-hydrogen) atoms. The quantitative estimate of drug-likeness (QED) is 0.774. The second kappa shape index (κ2) is 4.38. The third-order valence-corrected chi connectivity index (χ3v) is 2.89. The average molecular weight is 251 g/mol. The van der Waals surface area contributed by atoms with Crippen LogP contribution in [0, 0.1) is 6.92 Å².